The number of nitro groups is 1. The van der Waals surface area contributed by atoms with Crippen molar-refractivity contribution in [2.75, 3.05) is 38.1 Å². The highest BCUT2D eigenvalue weighted by atomic mass is 35.5. The molecule has 2 N–H and O–H groups in total. The van der Waals surface area contributed by atoms with Crippen LogP contribution in [0.15, 0.2) is 39.9 Å². The van der Waals surface area contributed by atoms with Crippen LogP contribution < -0.4 is 16.6 Å². The van der Waals surface area contributed by atoms with Crippen molar-refractivity contribution >= 4 is 23.9 Å². The predicted octanol–water partition coefficient (Wildman–Crippen LogP) is 0.753. The first-order chi connectivity index (χ1) is 13.8. The summed E-state index contributed by atoms with van der Waals surface area (Å²) < 4.78 is 2.42. The first-order valence-corrected chi connectivity index (χ1v) is 9.41. The Morgan fingerprint density at radius 3 is 2.37 bits per heavy atom. The quantitative estimate of drug-likeness (QED) is 0.389. The highest BCUT2D eigenvalue weighted by molar-refractivity contribution is 5.85. The Bertz CT molecular complexity index is 942. The lowest BCUT2D eigenvalue weighted by Gasteiger charge is -2.22. The van der Waals surface area contributed by atoms with E-state index in [0.29, 0.717) is 25.5 Å². The van der Waals surface area contributed by atoms with E-state index in [4.69, 9.17) is 0 Å². The lowest BCUT2D eigenvalue weighted by atomic mass is 10.1. The number of hydrogen-bond donors (Lipinski definition) is 2. The fourth-order valence-electron chi connectivity index (χ4n) is 3.01. The minimum atomic E-state index is -0.419. The van der Waals surface area contributed by atoms with Gasteiger partial charge in [0.05, 0.1) is 11.5 Å². The van der Waals surface area contributed by atoms with E-state index in [1.165, 1.54) is 29.8 Å². The summed E-state index contributed by atoms with van der Waals surface area (Å²) in [4.78, 5) is 36.1. The molecule has 0 amide bonds. The van der Waals surface area contributed by atoms with Gasteiger partial charge in [-0.25, -0.2) is 4.79 Å². The summed E-state index contributed by atoms with van der Waals surface area (Å²) in [5, 5.41) is 23.1. The summed E-state index contributed by atoms with van der Waals surface area (Å²) in [5.74, 6) is 0.452. The van der Waals surface area contributed by atoms with Crippen LogP contribution in [0, 0.1) is 10.1 Å². The van der Waals surface area contributed by atoms with Crippen molar-refractivity contribution in [2.45, 2.75) is 12.8 Å². The van der Waals surface area contributed by atoms with E-state index in [1.807, 2.05) is 0 Å². The van der Waals surface area contributed by atoms with Gasteiger partial charge in [0.1, 0.15) is 5.82 Å². The molecule has 0 atom stereocenters. The van der Waals surface area contributed by atoms with Crippen molar-refractivity contribution in [1.82, 2.24) is 14.0 Å². The second-order valence-corrected chi connectivity index (χ2v) is 6.79. The molecule has 0 saturated carbocycles. The molecule has 0 aliphatic rings. The molecule has 0 bridgehead atoms. The van der Waals surface area contributed by atoms with E-state index < -0.39 is 10.6 Å². The highest BCUT2D eigenvalue weighted by Gasteiger charge is 2.08. The summed E-state index contributed by atoms with van der Waals surface area (Å²) in [6.07, 6.45) is 1.61. The Hall–Kier alpha value is -2.69. The zero-order chi connectivity index (χ0) is 21.4. The average Bonchev–Trinajstić information content (AvgIpc) is 2.70. The number of benzene rings is 1. The van der Waals surface area contributed by atoms with E-state index in [2.05, 4.69) is 10.2 Å². The highest BCUT2D eigenvalue weighted by Crippen LogP contribution is 2.13. The summed E-state index contributed by atoms with van der Waals surface area (Å²) in [5.41, 5.74) is 0.334. The molecular weight excluding hydrogens is 414 g/mol. The van der Waals surface area contributed by atoms with Crippen LogP contribution in [0.3, 0.4) is 0 Å². The molecule has 1 heterocycles. The molecule has 0 aliphatic carbocycles. The van der Waals surface area contributed by atoms with Crippen molar-refractivity contribution in [1.29, 1.82) is 0 Å². The van der Waals surface area contributed by atoms with E-state index in [0.717, 1.165) is 29.5 Å². The zero-order valence-electron chi connectivity index (χ0n) is 17.1. The number of anilines is 1. The van der Waals surface area contributed by atoms with Crippen LogP contribution in [0.25, 0.3) is 0 Å². The minimum Gasteiger partial charge on any atom is -0.395 e. The fraction of sp³-hybridized carbons (Fsp3) is 0.474. The third kappa shape index (κ3) is 6.97. The lowest BCUT2D eigenvalue weighted by molar-refractivity contribution is -0.384. The second-order valence-electron chi connectivity index (χ2n) is 6.79. The summed E-state index contributed by atoms with van der Waals surface area (Å²) in [7, 11) is 3.03. The topological polar surface area (TPSA) is 123 Å². The minimum absolute atomic E-state index is 0. The molecule has 2 aromatic rings. The van der Waals surface area contributed by atoms with Gasteiger partial charge >= 0.3 is 5.69 Å². The molecular formula is C19H28ClN5O5. The van der Waals surface area contributed by atoms with Gasteiger partial charge in [-0.3, -0.25) is 28.9 Å². The van der Waals surface area contributed by atoms with Crippen molar-refractivity contribution in [2.24, 2.45) is 14.1 Å². The molecule has 1 aromatic carbocycles. The standard InChI is InChI=1S/C19H27N5O5.ClH/c1-21-17(14-18(26)22(2)19(21)27)20-9-11-23(12-13-25)10-3-4-15-5-7-16(8-6-15)24(28)29;/h5-8,14,20,25H,3-4,9-13H2,1-2H3;1H. The summed E-state index contributed by atoms with van der Waals surface area (Å²) in [6.45, 7) is 2.43. The molecule has 0 spiro atoms. The monoisotopic (exact) mass is 441 g/mol. The maximum Gasteiger partial charge on any atom is 0.332 e. The van der Waals surface area contributed by atoms with E-state index in [1.54, 1.807) is 19.2 Å². The number of aliphatic hydroxyl groups is 1. The van der Waals surface area contributed by atoms with Crippen LogP contribution >= 0.6 is 12.4 Å². The third-order valence-corrected chi connectivity index (χ3v) is 4.76. The van der Waals surface area contributed by atoms with Crippen LogP contribution in [0.1, 0.15) is 12.0 Å². The van der Waals surface area contributed by atoms with Gasteiger partial charge in [0.25, 0.3) is 11.2 Å². The van der Waals surface area contributed by atoms with Gasteiger partial charge in [-0.05, 0) is 24.9 Å². The molecule has 1 aromatic heterocycles. The van der Waals surface area contributed by atoms with Gasteiger partial charge in [0.15, 0.2) is 0 Å². The summed E-state index contributed by atoms with van der Waals surface area (Å²) in [6, 6.07) is 7.89. The number of nitrogens with one attached hydrogen (secondary N) is 1. The van der Waals surface area contributed by atoms with E-state index >= 15 is 0 Å². The maximum absolute atomic E-state index is 11.9. The number of aromatic nitrogens is 2. The van der Waals surface area contributed by atoms with Crippen LogP contribution in [-0.4, -0.2) is 56.8 Å². The molecule has 0 unspecified atom stereocenters. The van der Waals surface area contributed by atoms with E-state index in [-0.39, 0.29) is 30.3 Å². The Kier molecular flexibility index (Phi) is 10.2. The Morgan fingerprint density at radius 2 is 1.77 bits per heavy atom. The second kappa shape index (κ2) is 12.1. The number of halogens is 1. The zero-order valence-corrected chi connectivity index (χ0v) is 17.9. The predicted molar refractivity (Wildman–Crippen MR) is 118 cm³/mol. The van der Waals surface area contributed by atoms with Gasteiger partial charge < -0.3 is 10.4 Å². The van der Waals surface area contributed by atoms with Crippen LogP contribution in [0.5, 0.6) is 0 Å². The van der Waals surface area contributed by atoms with Crippen molar-refractivity contribution in [3.63, 3.8) is 0 Å². The van der Waals surface area contributed by atoms with Crippen molar-refractivity contribution in [3.05, 3.63) is 66.8 Å². The Labute approximate surface area is 180 Å². The lowest BCUT2D eigenvalue weighted by Crippen LogP contribution is -2.38. The number of hydrogen-bond acceptors (Lipinski definition) is 7. The normalized spacial score (nSPS) is 10.7. The Morgan fingerprint density at radius 1 is 1.10 bits per heavy atom. The molecule has 2 rings (SSSR count). The average molecular weight is 442 g/mol. The number of rotatable bonds is 11. The van der Waals surface area contributed by atoms with Gasteiger partial charge in [-0.2, -0.15) is 0 Å². The van der Waals surface area contributed by atoms with Crippen molar-refractivity contribution in [3.8, 4) is 0 Å². The maximum atomic E-state index is 11.9. The number of non-ortho nitro benzene ring substituents is 1. The molecule has 0 fully saturated rings. The smallest absolute Gasteiger partial charge is 0.332 e. The Balaban J connectivity index is 0.00000450. The number of aliphatic hydroxyl groups excluding tert-OH is 1. The summed E-state index contributed by atoms with van der Waals surface area (Å²) >= 11 is 0. The van der Waals surface area contributed by atoms with Gasteiger partial charge in [-0.1, -0.05) is 12.1 Å². The molecule has 10 nitrogen and oxygen atoms in total. The van der Waals surface area contributed by atoms with Crippen LogP contribution in [0.2, 0.25) is 0 Å². The van der Waals surface area contributed by atoms with Gasteiger partial charge in [0.2, 0.25) is 0 Å². The first-order valence-electron chi connectivity index (χ1n) is 9.41. The molecule has 0 saturated heterocycles. The number of nitrogens with zero attached hydrogens (tertiary/aromatic N) is 4. The van der Waals surface area contributed by atoms with Gasteiger partial charge in [-0.15, -0.1) is 12.4 Å². The largest absolute Gasteiger partial charge is 0.395 e. The number of aryl methyl sites for hydroxylation is 1. The fourth-order valence-corrected chi connectivity index (χ4v) is 3.01. The van der Waals surface area contributed by atoms with E-state index in [9.17, 15) is 24.8 Å². The third-order valence-electron chi connectivity index (χ3n) is 4.76. The van der Waals surface area contributed by atoms with Crippen molar-refractivity contribution < 1.29 is 10.0 Å². The SMILES string of the molecule is Cl.Cn1c(NCCN(CCO)CCCc2ccc([N+](=O)[O-])cc2)cc(=O)n(C)c1=O. The first kappa shape index (κ1) is 25.3. The van der Waals surface area contributed by atoms with Crippen LogP contribution in [-0.2, 0) is 20.5 Å². The molecule has 0 aliphatic heterocycles. The molecule has 0 radical (unpaired) electrons. The molecule has 30 heavy (non-hydrogen) atoms. The van der Waals surface area contributed by atoms with Crippen LogP contribution in [0.4, 0.5) is 11.5 Å². The molecule has 11 heteroatoms. The molecule has 166 valence electrons. The van der Waals surface area contributed by atoms with Gasteiger partial charge in [0, 0.05) is 51.9 Å². The number of nitro benzene ring substituents is 1.